The van der Waals surface area contributed by atoms with Gasteiger partial charge in [0.05, 0.1) is 18.8 Å². The van der Waals surface area contributed by atoms with E-state index in [2.05, 4.69) is 51.5 Å². The molecule has 5 heteroatoms. The lowest BCUT2D eigenvalue weighted by atomic mass is 9.87. The van der Waals surface area contributed by atoms with Crippen molar-refractivity contribution in [3.8, 4) is 5.75 Å². The maximum Gasteiger partial charge on any atom is 0.220 e. The number of piperazine rings is 1. The number of para-hydroxylation sites is 2. The van der Waals surface area contributed by atoms with E-state index in [1.165, 1.54) is 16.8 Å². The zero-order chi connectivity index (χ0) is 20.8. The van der Waals surface area contributed by atoms with Crippen molar-refractivity contribution in [1.82, 2.24) is 10.2 Å². The zero-order valence-corrected chi connectivity index (χ0v) is 18.0. The quantitative estimate of drug-likeness (QED) is 0.759. The van der Waals surface area contributed by atoms with Crippen molar-refractivity contribution in [2.24, 2.45) is 0 Å². The lowest BCUT2D eigenvalue weighted by Crippen LogP contribution is -2.46. The van der Waals surface area contributed by atoms with Gasteiger partial charge in [0.1, 0.15) is 5.75 Å². The van der Waals surface area contributed by atoms with E-state index in [0.29, 0.717) is 6.42 Å². The molecule has 2 aromatic carbocycles. The molecule has 1 aliphatic heterocycles. The van der Waals surface area contributed by atoms with Crippen molar-refractivity contribution < 1.29 is 9.53 Å². The Morgan fingerprint density at radius 2 is 1.83 bits per heavy atom. The number of benzene rings is 2. The third-order valence-electron chi connectivity index (χ3n) is 6.38. The Kier molecular flexibility index (Phi) is 6.90. The summed E-state index contributed by atoms with van der Waals surface area (Å²) in [5, 5.41) is 3.27. The molecule has 5 nitrogen and oxygen atoms in total. The first-order valence-corrected chi connectivity index (χ1v) is 11.2. The van der Waals surface area contributed by atoms with E-state index in [0.717, 1.165) is 64.2 Å². The Morgan fingerprint density at radius 1 is 1.07 bits per heavy atom. The fourth-order valence-corrected chi connectivity index (χ4v) is 4.74. The molecule has 1 N–H and O–H groups in total. The molecule has 1 unspecified atom stereocenters. The number of hydrogen-bond donors (Lipinski definition) is 1. The van der Waals surface area contributed by atoms with Crippen molar-refractivity contribution in [3.05, 3.63) is 59.7 Å². The van der Waals surface area contributed by atoms with E-state index < -0.39 is 0 Å². The second kappa shape index (κ2) is 9.98. The van der Waals surface area contributed by atoms with Gasteiger partial charge in [-0.05, 0) is 55.5 Å². The number of anilines is 1. The molecular formula is C25H33N3O2. The maximum atomic E-state index is 12.5. The summed E-state index contributed by atoms with van der Waals surface area (Å²) in [6, 6.07) is 16.9. The van der Waals surface area contributed by atoms with Crippen LogP contribution in [0.5, 0.6) is 5.75 Å². The molecule has 2 aliphatic rings. The van der Waals surface area contributed by atoms with Crippen LogP contribution in [0.15, 0.2) is 48.5 Å². The van der Waals surface area contributed by atoms with Gasteiger partial charge in [-0.15, -0.1) is 0 Å². The molecule has 1 aliphatic carbocycles. The summed E-state index contributed by atoms with van der Waals surface area (Å²) in [6.07, 6.45) is 4.84. The number of carbonyl (C=O) groups excluding carboxylic acids is 1. The fourth-order valence-electron chi connectivity index (χ4n) is 4.74. The van der Waals surface area contributed by atoms with Gasteiger partial charge in [-0.1, -0.05) is 36.4 Å². The molecule has 0 spiro atoms. The van der Waals surface area contributed by atoms with Crippen LogP contribution >= 0.6 is 0 Å². The van der Waals surface area contributed by atoms with Gasteiger partial charge in [0, 0.05) is 32.6 Å². The normalized spacial score (nSPS) is 19.2. The van der Waals surface area contributed by atoms with Crippen molar-refractivity contribution in [2.45, 2.75) is 38.1 Å². The molecular weight excluding hydrogens is 374 g/mol. The monoisotopic (exact) mass is 407 g/mol. The van der Waals surface area contributed by atoms with Gasteiger partial charge in [-0.2, -0.15) is 0 Å². The summed E-state index contributed by atoms with van der Waals surface area (Å²) >= 11 is 0. The van der Waals surface area contributed by atoms with Gasteiger partial charge in [-0.3, -0.25) is 9.69 Å². The highest BCUT2D eigenvalue weighted by atomic mass is 16.5. The fraction of sp³-hybridized carbons (Fsp3) is 0.480. The van der Waals surface area contributed by atoms with Crippen LogP contribution in [0.25, 0.3) is 0 Å². The molecule has 0 bridgehead atoms. The number of fused-ring (bicyclic) bond motifs is 1. The molecule has 1 fully saturated rings. The van der Waals surface area contributed by atoms with Gasteiger partial charge in [0.2, 0.25) is 5.91 Å². The number of ether oxygens (including phenoxy) is 1. The Bertz CT molecular complexity index is 846. The number of methoxy groups -OCH3 is 1. The number of nitrogens with zero attached hydrogens (tertiary/aromatic N) is 2. The topological polar surface area (TPSA) is 44.8 Å². The van der Waals surface area contributed by atoms with Crippen LogP contribution in [0.3, 0.4) is 0 Å². The van der Waals surface area contributed by atoms with Gasteiger partial charge in [0.15, 0.2) is 0 Å². The van der Waals surface area contributed by atoms with Crippen molar-refractivity contribution in [1.29, 1.82) is 0 Å². The predicted octanol–water partition coefficient (Wildman–Crippen LogP) is 3.79. The summed E-state index contributed by atoms with van der Waals surface area (Å²) in [6.45, 7) is 5.01. The third-order valence-corrected chi connectivity index (χ3v) is 6.38. The number of rotatable bonds is 7. The Morgan fingerprint density at radius 3 is 2.67 bits per heavy atom. The minimum Gasteiger partial charge on any atom is -0.495 e. The van der Waals surface area contributed by atoms with Gasteiger partial charge in [-0.25, -0.2) is 0 Å². The number of amides is 1. The van der Waals surface area contributed by atoms with E-state index in [1.807, 2.05) is 12.1 Å². The van der Waals surface area contributed by atoms with Crippen LogP contribution in [0.1, 0.15) is 42.9 Å². The van der Waals surface area contributed by atoms with E-state index in [-0.39, 0.29) is 11.9 Å². The highest BCUT2D eigenvalue weighted by Gasteiger charge is 2.22. The van der Waals surface area contributed by atoms with Crippen LogP contribution in [0, 0.1) is 0 Å². The summed E-state index contributed by atoms with van der Waals surface area (Å²) in [5.74, 6) is 1.12. The lowest BCUT2D eigenvalue weighted by molar-refractivity contribution is -0.122. The van der Waals surface area contributed by atoms with E-state index in [4.69, 9.17) is 4.74 Å². The molecule has 2 aromatic rings. The van der Waals surface area contributed by atoms with Crippen LogP contribution < -0.4 is 15.0 Å². The van der Waals surface area contributed by atoms with Crippen molar-refractivity contribution in [3.63, 3.8) is 0 Å². The van der Waals surface area contributed by atoms with Crippen LogP contribution in [-0.4, -0.2) is 50.6 Å². The van der Waals surface area contributed by atoms with E-state index in [9.17, 15) is 4.79 Å². The molecule has 4 rings (SSSR count). The molecule has 0 saturated carbocycles. The summed E-state index contributed by atoms with van der Waals surface area (Å²) in [7, 11) is 1.73. The largest absolute Gasteiger partial charge is 0.495 e. The summed E-state index contributed by atoms with van der Waals surface area (Å²) < 4.78 is 5.50. The smallest absolute Gasteiger partial charge is 0.220 e. The molecule has 1 heterocycles. The van der Waals surface area contributed by atoms with Crippen molar-refractivity contribution >= 4 is 11.6 Å². The number of nitrogens with one attached hydrogen (secondary N) is 1. The molecule has 0 aromatic heterocycles. The SMILES string of the molecule is COc1ccccc1N1CCN(CCCC(=O)NC2CCCc3ccccc32)CC1. The minimum atomic E-state index is 0.185. The maximum absolute atomic E-state index is 12.5. The van der Waals surface area contributed by atoms with Crippen molar-refractivity contribution in [2.75, 3.05) is 44.7 Å². The van der Waals surface area contributed by atoms with E-state index in [1.54, 1.807) is 7.11 Å². The highest BCUT2D eigenvalue weighted by molar-refractivity contribution is 5.76. The molecule has 0 radical (unpaired) electrons. The average molecular weight is 408 g/mol. The molecule has 160 valence electrons. The van der Waals surface area contributed by atoms with Gasteiger partial charge >= 0.3 is 0 Å². The Balaban J connectivity index is 1.19. The number of carbonyl (C=O) groups is 1. The lowest BCUT2D eigenvalue weighted by Gasteiger charge is -2.36. The highest BCUT2D eigenvalue weighted by Crippen LogP contribution is 2.30. The first-order valence-electron chi connectivity index (χ1n) is 11.2. The third kappa shape index (κ3) is 4.96. The van der Waals surface area contributed by atoms with Gasteiger partial charge < -0.3 is 15.0 Å². The second-order valence-corrected chi connectivity index (χ2v) is 8.32. The van der Waals surface area contributed by atoms with Crippen LogP contribution in [-0.2, 0) is 11.2 Å². The van der Waals surface area contributed by atoms with Crippen LogP contribution in [0.2, 0.25) is 0 Å². The Labute approximate surface area is 180 Å². The predicted molar refractivity (Wildman–Crippen MR) is 121 cm³/mol. The average Bonchev–Trinajstić information content (AvgIpc) is 2.80. The number of hydrogen-bond acceptors (Lipinski definition) is 4. The van der Waals surface area contributed by atoms with E-state index >= 15 is 0 Å². The second-order valence-electron chi connectivity index (χ2n) is 8.32. The summed E-state index contributed by atoms with van der Waals surface area (Å²) in [4.78, 5) is 17.4. The van der Waals surface area contributed by atoms with Gasteiger partial charge in [0.25, 0.3) is 0 Å². The Hall–Kier alpha value is -2.53. The summed E-state index contributed by atoms with van der Waals surface area (Å²) in [5.41, 5.74) is 3.87. The first kappa shape index (κ1) is 20.7. The molecule has 1 amide bonds. The first-order chi connectivity index (χ1) is 14.7. The zero-order valence-electron chi connectivity index (χ0n) is 18.0. The standard InChI is InChI=1S/C25H33N3O2/c1-30-24-13-5-4-12-23(24)28-18-16-27(17-19-28)15-7-14-25(29)26-22-11-6-9-20-8-2-3-10-21(20)22/h2-5,8,10,12-13,22H,6-7,9,11,14-19H2,1H3,(H,26,29). The number of aryl methyl sites for hydroxylation is 1. The molecule has 30 heavy (non-hydrogen) atoms. The van der Waals surface area contributed by atoms with Crippen LogP contribution in [0.4, 0.5) is 5.69 Å². The minimum absolute atomic E-state index is 0.185. The molecule has 1 saturated heterocycles. The molecule has 1 atom stereocenters.